The third kappa shape index (κ3) is 9.40. The van der Waals surface area contributed by atoms with E-state index in [0.29, 0.717) is 23.6 Å². The molecule has 13 nitrogen and oxygen atoms in total. The minimum absolute atomic E-state index is 0.0452. The summed E-state index contributed by atoms with van der Waals surface area (Å²) in [5.41, 5.74) is -0.884. The summed E-state index contributed by atoms with van der Waals surface area (Å²) < 4.78 is 29.2. The lowest BCUT2D eigenvalue weighted by atomic mass is 9.83. The molecule has 0 radical (unpaired) electrons. The molecule has 0 aliphatic carbocycles. The Morgan fingerprint density at radius 2 is 1.98 bits per heavy atom. The highest BCUT2D eigenvalue weighted by molar-refractivity contribution is 8.76. The molecule has 52 heavy (non-hydrogen) atoms. The van der Waals surface area contributed by atoms with Crippen molar-refractivity contribution in [3.63, 3.8) is 0 Å². The van der Waals surface area contributed by atoms with E-state index >= 15 is 0 Å². The van der Waals surface area contributed by atoms with Crippen LogP contribution in [0.25, 0.3) is 0 Å². The van der Waals surface area contributed by atoms with Gasteiger partial charge in [0.1, 0.15) is 40.7 Å². The minimum Gasteiger partial charge on any atom is -0.495 e. The van der Waals surface area contributed by atoms with Crippen molar-refractivity contribution in [1.29, 1.82) is 0 Å². The largest absolute Gasteiger partial charge is 0.495 e. The van der Waals surface area contributed by atoms with Crippen LogP contribution in [0.4, 0.5) is 10.5 Å². The number of carbonyl (C=O) groups excluding carboxylic acids is 4. The van der Waals surface area contributed by atoms with Gasteiger partial charge >= 0.3 is 12.1 Å². The van der Waals surface area contributed by atoms with Crippen molar-refractivity contribution in [2.45, 2.75) is 95.2 Å². The van der Waals surface area contributed by atoms with Gasteiger partial charge < -0.3 is 38.6 Å². The maximum absolute atomic E-state index is 14.1. The summed E-state index contributed by atoms with van der Waals surface area (Å²) in [5.74, 6) is -0.916. The van der Waals surface area contributed by atoms with Crippen molar-refractivity contribution in [2.24, 2.45) is 5.92 Å². The van der Waals surface area contributed by atoms with Gasteiger partial charge in [0, 0.05) is 45.7 Å². The van der Waals surface area contributed by atoms with E-state index in [4.69, 9.17) is 35.3 Å². The number of nitrogens with zero attached hydrogens (tertiary/aromatic N) is 2. The molecule has 4 bridgehead atoms. The van der Waals surface area contributed by atoms with Crippen LogP contribution in [-0.4, -0.2) is 116 Å². The molecule has 8 atom stereocenters. The van der Waals surface area contributed by atoms with Crippen LogP contribution in [0.2, 0.25) is 5.02 Å². The molecule has 16 heteroatoms. The van der Waals surface area contributed by atoms with E-state index in [1.807, 2.05) is 19.3 Å². The predicted octanol–water partition coefficient (Wildman–Crippen LogP) is 4.92. The van der Waals surface area contributed by atoms with E-state index in [9.17, 15) is 24.3 Å². The SMILES string of the molecule is COc1cc2cc(c1Cl)N(C)C(=O)C[C@H](OC(=O)[C@H](C)N(C)C(=O)CCSSC)C1(C)O[C@@H]1[C@H](C)[C@@H]1C[C@@](O)(NC(=O)O1)[C@H](OC)/C=C/C=C(\C)C2. The number of rotatable bonds is 9. The monoisotopic (exact) mass is 783 g/mol. The number of anilines is 1. The first-order valence-electron chi connectivity index (χ1n) is 17.0. The second-order valence-electron chi connectivity index (χ2n) is 13.6. The fraction of sp³-hybridized carbons (Fsp3) is 0.611. The van der Waals surface area contributed by atoms with Gasteiger partial charge in [-0.2, -0.15) is 0 Å². The van der Waals surface area contributed by atoms with Crippen molar-refractivity contribution in [3.05, 3.63) is 46.5 Å². The van der Waals surface area contributed by atoms with Gasteiger partial charge in [0.15, 0.2) is 5.72 Å². The summed E-state index contributed by atoms with van der Waals surface area (Å²) in [5, 5.41) is 14.5. The third-order valence-corrected chi connectivity index (χ3v) is 12.2. The van der Waals surface area contributed by atoms with E-state index in [2.05, 4.69) is 5.32 Å². The highest BCUT2D eigenvalue weighted by Gasteiger charge is 2.64. The number of hydrogen-bond acceptors (Lipinski definition) is 12. The Kier molecular flexibility index (Phi) is 14.0. The number of esters is 1. The quantitative estimate of drug-likeness (QED) is 0.151. The molecule has 1 aromatic carbocycles. The maximum Gasteiger partial charge on any atom is 0.409 e. The van der Waals surface area contributed by atoms with E-state index < -0.39 is 65.7 Å². The normalized spacial score (nSPS) is 31.6. The van der Waals surface area contributed by atoms with Crippen LogP contribution in [0, 0.1) is 5.92 Å². The zero-order chi connectivity index (χ0) is 38.5. The molecule has 2 fully saturated rings. The van der Waals surface area contributed by atoms with Gasteiger partial charge in [-0.05, 0) is 51.1 Å². The molecular weight excluding hydrogens is 734 g/mol. The van der Waals surface area contributed by atoms with Gasteiger partial charge in [0.2, 0.25) is 11.8 Å². The minimum atomic E-state index is -1.82. The summed E-state index contributed by atoms with van der Waals surface area (Å²) >= 11 is 6.75. The molecule has 288 valence electrons. The van der Waals surface area contributed by atoms with Crippen molar-refractivity contribution >= 4 is 62.8 Å². The zero-order valence-electron chi connectivity index (χ0n) is 31.1. The molecule has 2 N–H and O–H groups in total. The van der Waals surface area contributed by atoms with Crippen molar-refractivity contribution in [3.8, 4) is 5.75 Å². The zero-order valence-corrected chi connectivity index (χ0v) is 33.5. The average molecular weight is 784 g/mol. The standard InChI is InChI=1S/C36H50ClN3O10S2/c1-20-11-10-12-27(47-8)36(45)19-26(48-34(44)38-36)21(2)32-35(4,50-32)28(49-33(43)22(3)39(5)29(41)13-14-52-51-9)18-30(42)40(6)24-16-23(15-20)17-25(46-7)31(24)37/h10-12,16-17,21-22,26-28,32,45H,13-15,18-19H2,1-9H3,(H,38,44)/b12-10+,20-11+/t21-,22+,26+,27-,28+,32-,35?,36+/m1/s1. The highest BCUT2D eigenvalue weighted by atomic mass is 35.5. The summed E-state index contributed by atoms with van der Waals surface area (Å²) in [6, 6.07) is 2.63. The number of carbonyl (C=O) groups is 4. The topological polar surface area (TPSA) is 156 Å². The van der Waals surface area contributed by atoms with Crippen molar-refractivity contribution < 1.29 is 48.0 Å². The summed E-state index contributed by atoms with van der Waals surface area (Å²) in [6.07, 6.45) is 3.17. The number of epoxide rings is 1. The van der Waals surface area contributed by atoms with Gasteiger partial charge in [-0.3, -0.25) is 14.9 Å². The Labute approximate surface area is 318 Å². The van der Waals surface area contributed by atoms with Crippen molar-refractivity contribution in [1.82, 2.24) is 10.2 Å². The number of halogens is 1. The number of likely N-dealkylation sites (N-methyl/N-ethyl adjacent to an activating group) is 1. The molecule has 0 aromatic heterocycles. The molecule has 3 amide bonds. The molecule has 1 aromatic rings. The van der Waals surface area contributed by atoms with Crippen LogP contribution in [0.15, 0.2) is 35.9 Å². The Bertz CT molecular complexity index is 1580. The van der Waals surface area contributed by atoms with Crippen LogP contribution in [0.1, 0.15) is 52.5 Å². The van der Waals surface area contributed by atoms with Crippen LogP contribution < -0.4 is 15.0 Å². The Balaban J connectivity index is 1.74. The number of amides is 3. The first-order chi connectivity index (χ1) is 24.5. The number of aliphatic hydroxyl groups is 1. The van der Waals surface area contributed by atoms with Crippen LogP contribution in [0.5, 0.6) is 5.75 Å². The van der Waals surface area contributed by atoms with Crippen LogP contribution in [-0.2, 0) is 39.8 Å². The Morgan fingerprint density at radius 1 is 1.27 bits per heavy atom. The lowest BCUT2D eigenvalue weighted by molar-refractivity contribution is -0.161. The number of fused-ring (bicyclic) bond motifs is 5. The van der Waals surface area contributed by atoms with Gasteiger partial charge in [0.05, 0.1) is 25.3 Å². The second kappa shape index (κ2) is 17.5. The molecule has 4 rings (SSSR count). The van der Waals surface area contributed by atoms with E-state index in [0.717, 1.165) is 11.1 Å². The van der Waals surface area contributed by atoms with E-state index in [-0.39, 0.29) is 30.2 Å². The number of benzene rings is 1. The molecule has 1 unspecified atom stereocenters. The van der Waals surface area contributed by atoms with E-state index in [1.165, 1.54) is 31.1 Å². The molecule has 0 saturated carbocycles. The van der Waals surface area contributed by atoms with Crippen LogP contribution >= 0.6 is 33.2 Å². The molecule has 3 aliphatic heterocycles. The number of methoxy groups -OCH3 is 2. The average Bonchev–Trinajstić information content (AvgIpc) is 3.80. The molecular formula is C36H50ClN3O10S2. The van der Waals surface area contributed by atoms with Crippen molar-refractivity contribution in [2.75, 3.05) is 45.2 Å². The summed E-state index contributed by atoms with van der Waals surface area (Å²) in [6.45, 7) is 7.02. The lowest BCUT2D eigenvalue weighted by Crippen LogP contribution is -2.63. The van der Waals surface area contributed by atoms with E-state index in [1.54, 1.807) is 73.7 Å². The Hall–Kier alpha value is -2.95. The fourth-order valence-electron chi connectivity index (χ4n) is 6.61. The van der Waals surface area contributed by atoms with Crippen LogP contribution in [0.3, 0.4) is 0 Å². The van der Waals surface area contributed by atoms with Gasteiger partial charge in [-0.15, -0.1) is 0 Å². The predicted molar refractivity (Wildman–Crippen MR) is 202 cm³/mol. The number of ether oxygens (including phenoxy) is 5. The smallest absolute Gasteiger partial charge is 0.409 e. The number of allylic oxidation sites excluding steroid dienone is 3. The summed E-state index contributed by atoms with van der Waals surface area (Å²) in [7, 11) is 9.14. The molecule has 3 heterocycles. The van der Waals surface area contributed by atoms with Gasteiger partial charge in [-0.1, -0.05) is 63.9 Å². The highest BCUT2D eigenvalue weighted by Crippen LogP contribution is 2.49. The first-order valence-corrected chi connectivity index (χ1v) is 20.1. The molecule has 2 saturated heterocycles. The number of nitrogens with one attached hydrogen (secondary N) is 1. The lowest BCUT2D eigenvalue weighted by Gasteiger charge is -2.42. The second-order valence-corrected chi connectivity index (χ2v) is 16.7. The first kappa shape index (κ1) is 41.8. The fourth-order valence-corrected chi connectivity index (χ4v) is 8.09. The number of alkyl carbamates (subject to hydrolysis) is 1. The number of hydrogen-bond donors (Lipinski definition) is 2. The third-order valence-electron chi connectivity index (χ3n) is 10.0. The maximum atomic E-state index is 14.1. The Morgan fingerprint density at radius 3 is 2.63 bits per heavy atom. The van der Waals surface area contributed by atoms with Gasteiger partial charge in [-0.25, -0.2) is 9.59 Å². The summed E-state index contributed by atoms with van der Waals surface area (Å²) in [4.78, 5) is 56.2. The molecule has 0 spiro atoms. The van der Waals surface area contributed by atoms with Gasteiger partial charge in [0.25, 0.3) is 0 Å². The molecule has 3 aliphatic rings.